The number of phenols is 1. The van der Waals surface area contributed by atoms with Crippen LogP contribution in [-0.2, 0) is 0 Å². The monoisotopic (exact) mass is 302 g/mol. The zero-order valence-corrected chi connectivity index (χ0v) is 12.9. The fraction of sp³-hybridized carbons (Fsp3) is 0.0476. The zero-order chi connectivity index (χ0) is 16.1. The van der Waals surface area contributed by atoms with E-state index < -0.39 is 0 Å². The highest BCUT2D eigenvalue weighted by Crippen LogP contribution is 2.27. The molecule has 0 fully saturated rings. The molecule has 3 rings (SSSR count). The van der Waals surface area contributed by atoms with E-state index in [4.69, 9.17) is 4.74 Å². The first-order valence-electron chi connectivity index (χ1n) is 7.47. The van der Waals surface area contributed by atoms with Crippen molar-refractivity contribution in [1.82, 2.24) is 0 Å². The van der Waals surface area contributed by atoms with Gasteiger partial charge in [-0.2, -0.15) is 0 Å². The number of ether oxygens (including phenoxy) is 1. The van der Waals surface area contributed by atoms with Gasteiger partial charge in [0.2, 0.25) is 0 Å². The van der Waals surface area contributed by atoms with E-state index in [1.54, 1.807) is 13.2 Å². The van der Waals surface area contributed by atoms with Crippen LogP contribution in [0.4, 0.5) is 0 Å². The summed E-state index contributed by atoms with van der Waals surface area (Å²) in [4.78, 5) is 0. The topological polar surface area (TPSA) is 29.5 Å². The molecular weight excluding hydrogens is 284 g/mol. The third-order valence-electron chi connectivity index (χ3n) is 3.69. The summed E-state index contributed by atoms with van der Waals surface area (Å²) in [6.45, 7) is 0. The second-order valence-corrected chi connectivity index (χ2v) is 5.25. The summed E-state index contributed by atoms with van der Waals surface area (Å²) in [6, 6.07) is 24.0. The number of methoxy groups -OCH3 is 1. The van der Waals surface area contributed by atoms with E-state index in [-0.39, 0.29) is 5.75 Å². The first-order chi connectivity index (χ1) is 11.3. The van der Waals surface area contributed by atoms with Gasteiger partial charge >= 0.3 is 0 Å². The number of hydrogen-bond donors (Lipinski definition) is 1. The van der Waals surface area contributed by atoms with Gasteiger partial charge in [0.25, 0.3) is 0 Å². The summed E-state index contributed by atoms with van der Waals surface area (Å²) in [5.41, 5.74) is 4.52. The lowest BCUT2D eigenvalue weighted by molar-refractivity contribution is 0.373. The van der Waals surface area contributed by atoms with Crippen molar-refractivity contribution in [3.8, 4) is 22.6 Å². The lowest BCUT2D eigenvalue weighted by Gasteiger charge is -2.04. The van der Waals surface area contributed by atoms with Gasteiger partial charge in [0.15, 0.2) is 11.5 Å². The number of benzene rings is 3. The molecule has 1 N–H and O–H groups in total. The van der Waals surface area contributed by atoms with Crippen molar-refractivity contribution in [1.29, 1.82) is 0 Å². The number of hydrogen-bond acceptors (Lipinski definition) is 2. The number of phenolic OH excluding ortho intramolecular Hbond substituents is 1. The molecule has 0 aliphatic rings. The van der Waals surface area contributed by atoms with Crippen LogP contribution in [0.25, 0.3) is 23.3 Å². The molecule has 2 heteroatoms. The van der Waals surface area contributed by atoms with Crippen LogP contribution in [0.1, 0.15) is 11.1 Å². The van der Waals surface area contributed by atoms with Crippen molar-refractivity contribution in [3.63, 3.8) is 0 Å². The van der Waals surface area contributed by atoms with Crippen LogP contribution >= 0.6 is 0 Å². The Kier molecular flexibility index (Phi) is 4.44. The van der Waals surface area contributed by atoms with Gasteiger partial charge in [0, 0.05) is 0 Å². The van der Waals surface area contributed by atoms with Gasteiger partial charge in [-0.25, -0.2) is 0 Å². The highest BCUT2D eigenvalue weighted by atomic mass is 16.5. The Bertz CT molecular complexity index is 803. The van der Waals surface area contributed by atoms with Gasteiger partial charge in [0.1, 0.15) is 0 Å². The normalized spacial score (nSPS) is 10.8. The quantitative estimate of drug-likeness (QED) is 0.668. The summed E-state index contributed by atoms with van der Waals surface area (Å²) < 4.78 is 5.12. The molecule has 0 saturated heterocycles. The van der Waals surface area contributed by atoms with Crippen LogP contribution in [0.15, 0.2) is 72.8 Å². The predicted octanol–water partition coefficient (Wildman–Crippen LogP) is 5.24. The van der Waals surface area contributed by atoms with E-state index in [9.17, 15) is 5.11 Å². The van der Waals surface area contributed by atoms with Crippen molar-refractivity contribution >= 4 is 12.2 Å². The van der Waals surface area contributed by atoms with Gasteiger partial charge < -0.3 is 9.84 Å². The number of rotatable bonds is 4. The van der Waals surface area contributed by atoms with Gasteiger partial charge in [-0.3, -0.25) is 0 Å². The average Bonchev–Trinajstić information content (AvgIpc) is 2.62. The lowest BCUT2D eigenvalue weighted by atomic mass is 10.0. The van der Waals surface area contributed by atoms with Crippen LogP contribution in [0.5, 0.6) is 11.5 Å². The van der Waals surface area contributed by atoms with Gasteiger partial charge in [0.05, 0.1) is 7.11 Å². The SMILES string of the molecule is COc1cc(/C=C/c2ccc(-c3ccccc3)cc2)ccc1O. The molecule has 0 unspecified atom stereocenters. The maximum absolute atomic E-state index is 9.61. The molecule has 0 saturated carbocycles. The minimum atomic E-state index is 0.150. The van der Waals surface area contributed by atoms with Gasteiger partial charge in [-0.1, -0.05) is 72.8 Å². The molecule has 0 spiro atoms. The van der Waals surface area contributed by atoms with E-state index in [1.165, 1.54) is 11.1 Å². The van der Waals surface area contributed by atoms with Gasteiger partial charge in [-0.05, 0) is 34.4 Å². The van der Waals surface area contributed by atoms with Crippen molar-refractivity contribution < 1.29 is 9.84 Å². The van der Waals surface area contributed by atoms with Crippen molar-refractivity contribution in [2.24, 2.45) is 0 Å². The van der Waals surface area contributed by atoms with E-state index in [0.717, 1.165) is 11.1 Å². The second kappa shape index (κ2) is 6.84. The molecule has 114 valence electrons. The molecule has 0 heterocycles. The standard InChI is InChI=1S/C21H18O2/c1-23-21-15-17(11-14-20(21)22)8-7-16-9-12-19(13-10-16)18-5-3-2-4-6-18/h2-15,22H,1H3/b8-7+. The lowest BCUT2D eigenvalue weighted by Crippen LogP contribution is -1.84. The summed E-state index contributed by atoms with van der Waals surface area (Å²) in [5.74, 6) is 0.628. The van der Waals surface area contributed by atoms with Crippen LogP contribution in [-0.4, -0.2) is 12.2 Å². The highest BCUT2D eigenvalue weighted by Gasteiger charge is 2.00. The molecule has 0 aliphatic heterocycles. The maximum Gasteiger partial charge on any atom is 0.161 e. The fourth-order valence-corrected chi connectivity index (χ4v) is 2.41. The van der Waals surface area contributed by atoms with Crippen LogP contribution in [0, 0.1) is 0 Å². The fourth-order valence-electron chi connectivity index (χ4n) is 2.41. The smallest absolute Gasteiger partial charge is 0.161 e. The molecule has 0 aliphatic carbocycles. The minimum absolute atomic E-state index is 0.150. The summed E-state index contributed by atoms with van der Waals surface area (Å²) in [5, 5.41) is 9.61. The molecule has 3 aromatic carbocycles. The Morgan fingerprint density at radius 2 is 1.35 bits per heavy atom. The van der Waals surface area contributed by atoms with E-state index in [0.29, 0.717) is 5.75 Å². The van der Waals surface area contributed by atoms with E-state index in [2.05, 4.69) is 36.4 Å². The average molecular weight is 302 g/mol. The Hall–Kier alpha value is -3.00. The molecular formula is C21H18O2. The summed E-state index contributed by atoms with van der Waals surface area (Å²) >= 11 is 0. The molecule has 3 aromatic rings. The van der Waals surface area contributed by atoms with Crippen LogP contribution in [0.3, 0.4) is 0 Å². The van der Waals surface area contributed by atoms with E-state index in [1.807, 2.05) is 42.5 Å². The minimum Gasteiger partial charge on any atom is -0.504 e. The number of aromatic hydroxyl groups is 1. The predicted molar refractivity (Wildman–Crippen MR) is 95.5 cm³/mol. The molecule has 0 bridgehead atoms. The summed E-state index contributed by atoms with van der Waals surface area (Å²) in [6.07, 6.45) is 4.04. The van der Waals surface area contributed by atoms with E-state index >= 15 is 0 Å². The molecule has 2 nitrogen and oxygen atoms in total. The Morgan fingerprint density at radius 1 is 0.739 bits per heavy atom. The first kappa shape index (κ1) is 14.9. The molecule has 0 radical (unpaired) electrons. The summed E-state index contributed by atoms with van der Waals surface area (Å²) in [7, 11) is 1.55. The van der Waals surface area contributed by atoms with Crippen LogP contribution in [0.2, 0.25) is 0 Å². The Morgan fingerprint density at radius 3 is 2.04 bits per heavy atom. The highest BCUT2D eigenvalue weighted by molar-refractivity contribution is 5.73. The molecule has 0 atom stereocenters. The van der Waals surface area contributed by atoms with Crippen molar-refractivity contribution in [2.75, 3.05) is 7.11 Å². The second-order valence-electron chi connectivity index (χ2n) is 5.25. The Balaban J connectivity index is 1.78. The molecule has 0 amide bonds. The van der Waals surface area contributed by atoms with Gasteiger partial charge in [-0.15, -0.1) is 0 Å². The molecule has 23 heavy (non-hydrogen) atoms. The third-order valence-corrected chi connectivity index (χ3v) is 3.69. The largest absolute Gasteiger partial charge is 0.504 e. The molecule has 0 aromatic heterocycles. The van der Waals surface area contributed by atoms with Crippen LogP contribution < -0.4 is 4.74 Å². The third kappa shape index (κ3) is 3.61. The maximum atomic E-state index is 9.61. The van der Waals surface area contributed by atoms with Crippen molar-refractivity contribution in [2.45, 2.75) is 0 Å². The Labute approximate surface area is 136 Å². The van der Waals surface area contributed by atoms with Crippen molar-refractivity contribution in [3.05, 3.63) is 83.9 Å². The zero-order valence-electron chi connectivity index (χ0n) is 12.9. The first-order valence-corrected chi connectivity index (χ1v) is 7.47.